The minimum absolute atomic E-state index is 0.0310. The number of hydrogen-bond acceptors (Lipinski definition) is 13. The molecule has 3 atom stereocenters. The molecule has 0 bridgehead atoms. The molecule has 2 saturated heterocycles. The number of nitrogens with zero attached hydrogens (tertiary/aromatic N) is 5. The Labute approximate surface area is 218 Å². The normalized spacial score (nSPS) is 24.8. The van der Waals surface area contributed by atoms with Gasteiger partial charge in [0.05, 0.1) is 25.5 Å². The second kappa shape index (κ2) is 10.0. The van der Waals surface area contributed by atoms with Gasteiger partial charge in [-0.05, 0) is 0 Å². The topological polar surface area (TPSA) is 270 Å². The zero-order valence-electron chi connectivity index (χ0n) is 19.3. The molecule has 3 unspecified atom stereocenters. The third-order valence-corrected chi connectivity index (χ3v) is 7.48. The smallest absolute Gasteiger partial charge is 0.410 e. The van der Waals surface area contributed by atoms with Gasteiger partial charge in [-0.2, -0.15) is 8.42 Å². The summed E-state index contributed by atoms with van der Waals surface area (Å²) in [6, 6.07) is -2.95. The van der Waals surface area contributed by atoms with E-state index in [0.717, 1.165) is 22.6 Å². The van der Waals surface area contributed by atoms with Crippen molar-refractivity contribution >= 4 is 62.7 Å². The number of rotatable bonds is 11. The van der Waals surface area contributed by atoms with Gasteiger partial charge < -0.3 is 36.4 Å². The maximum absolute atomic E-state index is 13.1. The molecule has 3 aliphatic rings. The molecule has 0 aromatic carbocycles. The lowest BCUT2D eigenvalue weighted by atomic mass is 9.97. The summed E-state index contributed by atoms with van der Waals surface area (Å²) in [4.78, 5) is 63.3. The second-order valence-electron chi connectivity index (χ2n) is 8.46. The van der Waals surface area contributed by atoms with Gasteiger partial charge in [0.15, 0.2) is 10.8 Å². The first-order valence-corrected chi connectivity index (χ1v) is 13.1. The Morgan fingerprint density at radius 2 is 2.11 bits per heavy atom. The number of thiazole rings is 1. The minimum Gasteiger partial charge on any atom is -0.478 e. The van der Waals surface area contributed by atoms with Crippen LogP contribution in [0.15, 0.2) is 15.5 Å². The van der Waals surface area contributed by atoms with Crippen molar-refractivity contribution in [3.05, 3.63) is 11.1 Å². The number of β-lactam (4-membered cyclic amide) rings is 1. The van der Waals surface area contributed by atoms with Crippen LogP contribution in [-0.2, 0) is 34.3 Å². The zero-order chi connectivity index (χ0) is 27.8. The fraction of sp³-hybridized carbons (Fsp3) is 0.500. The number of cyclic esters (lactones) is 1. The number of aliphatic carboxylic acids is 1. The van der Waals surface area contributed by atoms with Crippen molar-refractivity contribution in [3.63, 3.8) is 0 Å². The number of amides is 3. The molecule has 18 nitrogen and oxygen atoms in total. The van der Waals surface area contributed by atoms with E-state index in [1.807, 2.05) is 0 Å². The fourth-order valence-corrected chi connectivity index (χ4v) is 5.18. The van der Waals surface area contributed by atoms with Crippen molar-refractivity contribution in [1.29, 1.82) is 0 Å². The molecule has 7 N–H and O–H groups in total. The van der Waals surface area contributed by atoms with Crippen LogP contribution in [0.25, 0.3) is 0 Å². The predicted octanol–water partition coefficient (Wildman–Crippen LogP) is -2.63. The summed E-state index contributed by atoms with van der Waals surface area (Å²) in [5.41, 5.74) is 8.58. The number of nitrogens with one attached hydrogen (secondary N) is 1. The number of anilines is 1. The van der Waals surface area contributed by atoms with E-state index in [9.17, 15) is 37.3 Å². The van der Waals surface area contributed by atoms with E-state index >= 15 is 0 Å². The number of carboxylic acid groups (broad SMARTS) is 1. The van der Waals surface area contributed by atoms with E-state index in [1.54, 1.807) is 0 Å². The first kappa shape index (κ1) is 27.0. The average Bonchev–Trinajstić information content (AvgIpc) is 3.39. The van der Waals surface area contributed by atoms with Crippen LogP contribution in [0.4, 0.5) is 9.93 Å². The van der Waals surface area contributed by atoms with Gasteiger partial charge in [0.25, 0.3) is 11.8 Å². The summed E-state index contributed by atoms with van der Waals surface area (Å²) in [7, 11) is -5.05. The lowest BCUT2D eigenvalue weighted by Crippen LogP contribution is -2.74. The predicted molar refractivity (Wildman–Crippen MR) is 127 cm³/mol. The quantitative estimate of drug-likeness (QED) is 0.0595. The van der Waals surface area contributed by atoms with E-state index in [2.05, 4.69) is 20.4 Å². The summed E-state index contributed by atoms with van der Waals surface area (Å²) in [6.45, 7) is -0.428. The molecular formula is C18H22N8O10S2. The van der Waals surface area contributed by atoms with Crippen LogP contribution in [0.5, 0.6) is 0 Å². The highest BCUT2D eigenvalue weighted by Gasteiger charge is 2.56. The van der Waals surface area contributed by atoms with Gasteiger partial charge in [-0.25, -0.2) is 18.9 Å². The molecule has 0 radical (unpaired) electrons. The van der Waals surface area contributed by atoms with Crippen molar-refractivity contribution < 1.29 is 46.8 Å². The Balaban J connectivity index is 1.54. The molecule has 4 rings (SSSR count). The third-order valence-electron chi connectivity index (χ3n) is 5.86. The number of nitrogens with two attached hydrogens (primary N) is 2. The van der Waals surface area contributed by atoms with Gasteiger partial charge in [0.1, 0.15) is 17.8 Å². The van der Waals surface area contributed by atoms with E-state index in [0.29, 0.717) is 0 Å². The van der Waals surface area contributed by atoms with Crippen LogP contribution < -0.4 is 16.8 Å². The standard InChI is InChI=1S/C18H22N8O10S2/c19-7-21-3-8-4-25(17(31)35-8)5-10-12(14(28)26(10)38(32,33)34)23-13(27)11(9-6-37-16(20)22-9)24-36-18(1-2-18)15(29)30/h6-8,10,12H,1-5H2,(H2,19,21)(H2,20,22)(H,23,27)(H,29,30)(H,32,33,34)/b24-11-. The maximum Gasteiger partial charge on any atom is 0.410 e. The van der Waals surface area contributed by atoms with E-state index in [1.165, 1.54) is 5.38 Å². The van der Waals surface area contributed by atoms with Gasteiger partial charge in [0, 0.05) is 24.8 Å². The lowest BCUT2D eigenvalue weighted by molar-refractivity contribution is -0.153. The largest absolute Gasteiger partial charge is 0.478 e. The number of hydrogen-bond donors (Lipinski definition) is 5. The average molecular weight is 575 g/mol. The van der Waals surface area contributed by atoms with Crippen molar-refractivity contribution in [2.24, 2.45) is 15.9 Å². The number of nitrogen functional groups attached to an aromatic ring is 1. The highest BCUT2D eigenvalue weighted by Crippen LogP contribution is 2.40. The first-order valence-electron chi connectivity index (χ1n) is 10.8. The molecule has 0 spiro atoms. The molecule has 2 aliphatic heterocycles. The molecule has 20 heteroatoms. The molecule has 1 aromatic heterocycles. The molecule has 3 heterocycles. The van der Waals surface area contributed by atoms with Crippen LogP contribution in [0.2, 0.25) is 0 Å². The van der Waals surface area contributed by atoms with Gasteiger partial charge in [0.2, 0.25) is 5.60 Å². The van der Waals surface area contributed by atoms with Crippen LogP contribution in [0.1, 0.15) is 18.5 Å². The van der Waals surface area contributed by atoms with Gasteiger partial charge in [-0.1, -0.05) is 5.16 Å². The monoisotopic (exact) mass is 574 g/mol. The molecular weight excluding hydrogens is 552 g/mol. The van der Waals surface area contributed by atoms with Crippen molar-refractivity contribution in [2.45, 2.75) is 36.6 Å². The van der Waals surface area contributed by atoms with Crippen LogP contribution in [-0.4, -0.2) is 112 Å². The summed E-state index contributed by atoms with van der Waals surface area (Å²) in [6.07, 6.45) is -0.210. The number of carboxylic acids is 1. The highest BCUT2D eigenvalue weighted by atomic mass is 32.2. The fourth-order valence-electron chi connectivity index (χ4n) is 3.76. The Morgan fingerprint density at radius 1 is 1.39 bits per heavy atom. The second-order valence-corrected chi connectivity index (χ2v) is 10.6. The molecule has 1 saturated carbocycles. The summed E-state index contributed by atoms with van der Waals surface area (Å²) in [5.74, 6) is -3.55. The van der Waals surface area contributed by atoms with Crippen LogP contribution >= 0.6 is 11.3 Å². The highest BCUT2D eigenvalue weighted by molar-refractivity contribution is 7.84. The number of ether oxygens (including phenoxy) is 1. The maximum atomic E-state index is 13.1. The number of oxime groups is 1. The molecule has 1 aromatic rings. The third kappa shape index (κ3) is 5.31. The Hall–Kier alpha value is -4.04. The van der Waals surface area contributed by atoms with E-state index in [-0.39, 0.29) is 41.1 Å². The molecule has 3 fully saturated rings. The van der Waals surface area contributed by atoms with Crippen molar-refractivity contribution in [2.75, 3.05) is 25.4 Å². The number of carbonyl (C=O) groups excluding carboxylic acids is 3. The summed E-state index contributed by atoms with van der Waals surface area (Å²) in [5, 5.41) is 16.6. The van der Waals surface area contributed by atoms with Crippen molar-refractivity contribution in [3.8, 4) is 0 Å². The molecule has 38 heavy (non-hydrogen) atoms. The van der Waals surface area contributed by atoms with E-state index < -0.39 is 70.2 Å². The van der Waals surface area contributed by atoms with Crippen LogP contribution in [0, 0.1) is 0 Å². The summed E-state index contributed by atoms with van der Waals surface area (Å²) < 4.78 is 38.4. The van der Waals surface area contributed by atoms with Gasteiger partial charge >= 0.3 is 22.4 Å². The summed E-state index contributed by atoms with van der Waals surface area (Å²) >= 11 is 0.947. The molecule has 1 aliphatic carbocycles. The number of aromatic nitrogens is 1. The van der Waals surface area contributed by atoms with E-state index in [4.69, 9.17) is 21.0 Å². The first-order chi connectivity index (χ1) is 17.9. The Morgan fingerprint density at radius 3 is 2.66 bits per heavy atom. The van der Waals surface area contributed by atoms with Gasteiger partial charge in [-0.3, -0.25) is 19.1 Å². The SMILES string of the molecule is NC=NCC1CN(CC2C(NC(=O)/C(=N\OC3(C(=O)O)CC3)c3csc(N)n3)C(=O)N2S(=O)(=O)O)C(=O)O1. The zero-order valence-corrected chi connectivity index (χ0v) is 20.9. The van der Waals surface area contributed by atoms with Gasteiger partial charge in [-0.15, -0.1) is 11.3 Å². The molecule has 206 valence electrons. The number of aliphatic imine (C=N–C) groups is 1. The lowest BCUT2D eigenvalue weighted by Gasteiger charge is -2.45. The Kier molecular flexibility index (Phi) is 7.12. The minimum atomic E-state index is -5.05. The Bertz CT molecular complexity index is 1320. The van der Waals surface area contributed by atoms with Crippen molar-refractivity contribution in [1.82, 2.24) is 19.5 Å². The number of carbonyl (C=O) groups is 4. The van der Waals surface area contributed by atoms with Crippen LogP contribution in [0.3, 0.4) is 0 Å². The molecule has 3 amide bonds.